The van der Waals surface area contributed by atoms with Gasteiger partial charge in [-0.3, -0.25) is 9.89 Å². The number of amides is 1. The lowest BCUT2D eigenvalue weighted by Crippen LogP contribution is -2.28. The number of aromatic nitrogens is 3. The number of carbonyl (C=O) groups excluding carboxylic acids is 1. The number of H-pyrrole nitrogens is 1. The molecule has 0 atom stereocenters. The van der Waals surface area contributed by atoms with Crippen molar-refractivity contribution in [3.63, 3.8) is 0 Å². The Balaban J connectivity index is 2.31. The lowest BCUT2D eigenvalue weighted by molar-refractivity contribution is 0.0983. The Morgan fingerprint density at radius 3 is 2.56 bits per heavy atom. The maximum Gasteiger partial charge on any atom is 0.297 e. The summed E-state index contributed by atoms with van der Waals surface area (Å²) >= 11 is 0. The first-order valence-corrected chi connectivity index (χ1v) is 5.73. The minimum atomic E-state index is -0.216. The number of nitrogens with one attached hydrogen (secondary N) is 1. The largest absolute Gasteiger partial charge is 0.308 e. The van der Waals surface area contributed by atoms with Gasteiger partial charge in [-0.25, -0.2) is 4.98 Å². The van der Waals surface area contributed by atoms with Crippen LogP contribution in [0.15, 0.2) is 18.2 Å². The molecule has 1 aromatic heterocycles. The summed E-state index contributed by atoms with van der Waals surface area (Å²) in [4.78, 5) is 17.8. The molecule has 0 unspecified atom stereocenters. The molecule has 5 heteroatoms. The Kier molecular flexibility index (Phi) is 3.14. The maximum absolute atomic E-state index is 12.2. The summed E-state index contributed by atoms with van der Waals surface area (Å²) in [6.45, 7) is 5.77. The maximum atomic E-state index is 12.2. The monoisotopic (exact) mass is 244 g/mol. The van der Waals surface area contributed by atoms with Crippen molar-refractivity contribution in [2.75, 3.05) is 11.9 Å². The van der Waals surface area contributed by atoms with Crippen LogP contribution in [0.4, 0.5) is 5.69 Å². The molecule has 5 nitrogen and oxygen atoms in total. The Morgan fingerprint density at radius 2 is 2.00 bits per heavy atom. The molecule has 18 heavy (non-hydrogen) atoms. The van der Waals surface area contributed by atoms with Gasteiger partial charge in [-0.2, -0.15) is 0 Å². The van der Waals surface area contributed by atoms with Gasteiger partial charge in [0.25, 0.3) is 5.91 Å². The molecule has 2 rings (SSSR count). The summed E-state index contributed by atoms with van der Waals surface area (Å²) in [7, 11) is 1.73. The number of aryl methyl sites for hydroxylation is 3. The van der Waals surface area contributed by atoms with Gasteiger partial charge in [-0.15, -0.1) is 5.10 Å². The van der Waals surface area contributed by atoms with Gasteiger partial charge < -0.3 is 4.90 Å². The van der Waals surface area contributed by atoms with E-state index in [1.54, 1.807) is 18.9 Å². The van der Waals surface area contributed by atoms with Crippen molar-refractivity contribution in [3.05, 3.63) is 41.0 Å². The van der Waals surface area contributed by atoms with Crippen LogP contribution in [0.2, 0.25) is 0 Å². The summed E-state index contributed by atoms with van der Waals surface area (Å²) in [6.07, 6.45) is 0. The highest BCUT2D eigenvalue weighted by Crippen LogP contribution is 2.20. The van der Waals surface area contributed by atoms with Crippen molar-refractivity contribution < 1.29 is 4.79 Å². The van der Waals surface area contributed by atoms with Gasteiger partial charge >= 0.3 is 0 Å². The predicted octanol–water partition coefficient (Wildman–Crippen LogP) is 2.01. The number of nitrogens with zero attached hydrogens (tertiary/aromatic N) is 3. The fraction of sp³-hybridized carbons (Fsp3) is 0.308. The number of carbonyl (C=O) groups is 1. The highest BCUT2D eigenvalue weighted by Gasteiger charge is 2.18. The van der Waals surface area contributed by atoms with Crippen LogP contribution in [-0.2, 0) is 0 Å². The number of benzene rings is 1. The average Bonchev–Trinajstić information content (AvgIpc) is 2.74. The number of rotatable bonds is 2. The van der Waals surface area contributed by atoms with Crippen molar-refractivity contribution in [1.82, 2.24) is 15.2 Å². The molecule has 0 bridgehead atoms. The zero-order valence-corrected chi connectivity index (χ0v) is 11.0. The molecule has 1 heterocycles. The smallest absolute Gasteiger partial charge is 0.297 e. The molecule has 1 aromatic carbocycles. The van der Waals surface area contributed by atoms with E-state index in [1.807, 2.05) is 32.0 Å². The second kappa shape index (κ2) is 4.60. The van der Waals surface area contributed by atoms with Gasteiger partial charge in [0, 0.05) is 12.7 Å². The van der Waals surface area contributed by atoms with Crippen molar-refractivity contribution in [2.45, 2.75) is 20.8 Å². The summed E-state index contributed by atoms with van der Waals surface area (Å²) < 4.78 is 0. The van der Waals surface area contributed by atoms with E-state index in [-0.39, 0.29) is 11.7 Å². The Morgan fingerprint density at radius 1 is 1.28 bits per heavy atom. The Bertz CT molecular complexity index is 588. The van der Waals surface area contributed by atoms with Crippen LogP contribution in [0.25, 0.3) is 0 Å². The predicted molar refractivity (Wildman–Crippen MR) is 69.8 cm³/mol. The molecule has 0 aliphatic heterocycles. The molecule has 0 aliphatic rings. The van der Waals surface area contributed by atoms with Crippen molar-refractivity contribution in [2.24, 2.45) is 0 Å². The molecule has 0 saturated carbocycles. The van der Waals surface area contributed by atoms with Crippen LogP contribution in [-0.4, -0.2) is 28.1 Å². The third-order valence-corrected chi connectivity index (χ3v) is 2.81. The van der Waals surface area contributed by atoms with Gasteiger partial charge in [-0.05, 0) is 32.4 Å². The molecule has 1 amide bonds. The standard InChI is InChI=1S/C13H16N4O/c1-8-5-6-11(9(2)7-8)17(4)13(18)12-14-10(3)15-16-12/h5-7H,1-4H3,(H,14,15,16). The third-order valence-electron chi connectivity index (χ3n) is 2.81. The minimum Gasteiger partial charge on any atom is -0.308 e. The van der Waals surface area contributed by atoms with Crippen LogP contribution in [0, 0.1) is 20.8 Å². The van der Waals surface area contributed by atoms with E-state index in [2.05, 4.69) is 15.2 Å². The first-order chi connectivity index (χ1) is 8.49. The molecule has 0 radical (unpaired) electrons. The van der Waals surface area contributed by atoms with Crippen LogP contribution in [0.1, 0.15) is 27.6 Å². The van der Waals surface area contributed by atoms with Gasteiger partial charge in [0.05, 0.1) is 0 Å². The average molecular weight is 244 g/mol. The Hall–Kier alpha value is -2.17. The third kappa shape index (κ3) is 2.25. The van der Waals surface area contributed by atoms with E-state index in [4.69, 9.17) is 0 Å². The fourth-order valence-electron chi connectivity index (χ4n) is 1.88. The van der Waals surface area contributed by atoms with E-state index in [9.17, 15) is 4.79 Å². The highest BCUT2D eigenvalue weighted by atomic mass is 16.2. The summed E-state index contributed by atoms with van der Waals surface area (Å²) in [5, 5.41) is 6.55. The minimum absolute atomic E-state index is 0.190. The molecule has 0 spiro atoms. The second-order valence-corrected chi connectivity index (χ2v) is 4.40. The van der Waals surface area contributed by atoms with Gasteiger partial charge in [0.15, 0.2) is 0 Å². The van der Waals surface area contributed by atoms with E-state index in [0.29, 0.717) is 5.82 Å². The first kappa shape index (κ1) is 12.3. The number of hydrogen-bond acceptors (Lipinski definition) is 3. The van der Waals surface area contributed by atoms with E-state index < -0.39 is 0 Å². The summed E-state index contributed by atoms with van der Waals surface area (Å²) in [6, 6.07) is 5.96. The zero-order valence-electron chi connectivity index (χ0n) is 11.0. The quantitative estimate of drug-likeness (QED) is 0.879. The van der Waals surface area contributed by atoms with Crippen LogP contribution in [0.5, 0.6) is 0 Å². The molecule has 0 saturated heterocycles. The normalized spacial score (nSPS) is 10.4. The summed E-state index contributed by atoms with van der Waals surface area (Å²) in [5.41, 5.74) is 3.09. The topological polar surface area (TPSA) is 61.9 Å². The van der Waals surface area contributed by atoms with Crippen molar-refractivity contribution in [3.8, 4) is 0 Å². The van der Waals surface area contributed by atoms with Crippen LogP contribution < -0.4 is 4.90 Å². The van der Waals surface area contributed by atoms with Gasteiger partial charge in [0.2, 0.25) is 5.82 Å². The van der Waals surface area contributed by atoms with Crippen molar-refractivity contribution in [1.29, 1.82) is 0 Å². The number of anilines is 1. The fourth-order valence-corrected chi connectivity index (χ4v) is 1.88. The summed E-state index contributed by atoms with van der Waals surface area (Å²) in [5.74, 6) is 0.605. The van der Waals surface area contributed by atoms with E-state index in [0.717, 1.165) is 11.3 Å². The van der Waals surface area contributed by atoms with E-state index >= 15 is 0 Å². The SMILES string of the molecule is Cc1ccc(N(C)C(=O)c2n[nH]c(C)n2)c(C)c1. The number of hydrogen-bond donors (Lipinski definition) is 1. The molecule has 2 aromatic rings. The van der Waals surface area contributed by atoms with E-state index in [1.165, 1.54) is 5.56 Å². The molecular formula is C13H16N4O. The zero-order chi connectivity index (χ0) is 13.3. The van der Waals surface area contributed by atoms with Crippen LogP contribution in [0.3, 0.4) is 0 Å². The molecule has 94 valence electrons. The number of aromatic amines is 1. The highest BCUT2D eigenvalue weighted by molar-refractivity contribution is 6.03. The molecule has 0 aliphatic carbocycles. The molecule has 1 N–H and O–H groups in total. The van der Waals surface area contributed by atoms with Gasteiger partial charge in [-0.1, -0.05) is 17.7 Å². The van der Waals surface area contributed by atoms with Crippen LogP contribution >= 0.6 is 0 Å². The Labute approximate surface area is 106 Å². The first-order valence-electron chi connectivity index (χ1n) is 5.73. The lowest BCUT2D eigenvalue weighted by Gasteiger charge is -2.18. The molecule has 0 fully saturated rings. The van der Waals surface area contributed by atoms with Crippen molar-refractivity contribution >= 4 is 11.6 Å². The second-order valence-electron chi connectivity index (χ2n) is 4.40. The van der Waals surface area contributed by atoms with Gasteiger partial charge in [0.1, 0.15) is 5.82 Å². The lowest BCUT2D eigenvalue weighted by atomic mass is 10.1. The molecular weight excluding hydrogens is 228 g/mol.